The molecule has 0 heterocycles. The first-order valence-corrected chi connectivity index (χ1v) is 9.43. The average Bonchev–Trinajstić information content (AvgIpc) is 2.69. The van der Waals surface area contributed by atoms with E-state index >= 15 is 0 Å². The lowest BCUT2D eigenvalue weighted by Crippen LogP contribution is -2.34. The van der Waals surface area contributed by atoms with E-state index in [4.69, 9.17) is 9.84 Å². The zero-order chi connectivity index (χ0) is 18.8. The molecule has 0 saturated heterocycles. The van der Waals surface area contributed by atoms with Crippen molar-refractivity contribution in [2.75, 3.05) is 13.2 Å². The Balaban J connectivity index is 1.87. The molecule has 3 N–H and O–H groups in total. The molecule has 26 heavy (non-hydrogen) atoms. The van der Waals surface area contributed by atoms with E-state index in [0.717, 1.165) is 17.5 Å². The van der Waals surface area contributed by atoms with Gasteiger partial charge in [0.1, 0.15) is 24.6 Å². The highest BCUT2D eigenvalue weighted by atomic mass is 16.5. The maximum Gasteiger partial charge on any atom is 0.119 e. The summed E-state index contributed by atoms with van der Waals surface area (Å²) in [4.78, 5) is 0. The van der Waals surface area contributed by atoms with Crippen molar-refractivity contribution in [2.24, 2.45) is 0 Å². The summed E-state index contributed by atoms with van der Waals surface area (Å²) >= 11 is 0. The average molecular weight is 358 g/mol. The summed E-state index contributed by atoms with van der Waals surface area (Å²) in [6.45, 7) is 1.68. The number of hydrogen-bond donors (Lipinski definition) is 3. The van der Waals surface area contributed by atoms with Gasteiger partial charge in [-0.05, 0) is 41.7 Å². The molecule has 0 aliphatic carbocycles. The number of rotatable bonds is 11. The van der Waals surface area contributed by atoms with Gasteiger partial charge in [0.05, 0.1) is 6.61 Å². The predicted molar refractivity (Wildman–Crippen MR) is 104 cm³/mol. The molecule has 142 valence electrons. The minimum atomic E-state index is -1.19. The number of aryl methyl sites for hydroxylation is 1. The molecule has 0 aromatic heterocycles. The maximum atomic E-state index is 9.59. The van der Waals surface area contributed by atoms with Crippen molar-refractivity contribution in [1.29, 1.82) is 0 Å². The maximum absolute atomic E-state index is 9.59. The van der Waals surface area contributed by atoms with Crippen molar-refractivity contribution in [3.63, 3.8) is 0 Å². The van der Waals surface area contributed by atoms with E-state index in [0.29, 0.717) is 5.75 Å². The summed E-state index contributed by atoms with van der Waals surface area (Å²) in [5.74, 6) is 0.616. The number of aliphatic hydroxyl groups excluding tert-OH is 3. The Hall–Kier alpha value is -1.88. The van der Waals surface area contributed by atoms with Gasteiger partial charge in [-0.3, -0.25) is 0 Å². The highest BCUT2D eigenvalue weighted by Crippen LogP contribution is 2.23. The van der Waals surface area contributed by atoms with Gasteiger partial charge in [0, 0.05) is 0 Å². The van der Waals surface area contributed by atoms with E-state index in [1.807, 2.05) is 24.3 Å². The van der Waals surface area contributed by atoms with E-state index in [9.17, 15) is 10.2 Å². The van der Waals surface area contributed by atoms with Gasteiger partial charge in [-0.1, -0.05) is 62.6 Å². The van der Waals surface area contributed by atoms with Crippen molar-refractivity contribution < 1.29 is 20.1 Å². The fourth-order valence-electron chi connectivity index (χ4n) is 2.78. The number of unbranched alkanes of at least 4 members (excludes halogenated alkanes) is 3. The largest absolute Gasteiger partial charge is 0.491 e. The molecule has 0 spiro atoms. The second kappa shape index (κ2) is 11.0. The Bertz CT molecular complexity index is 622. The Morgan fingerprint density at radius 3 is 2.00 bits per heavy atom. The SMILES string of the molecule is CCCCCCc1ccc(-c2ccc(OC[C@@H](O)[C@@H](O)CO)cc2)cc1. The van der Waals surface area contributed by atoms with Crippen LogP contribution in [0.1, 0.15) is 38.2 Å². The fourth-order valence-corrected chi connectivity index (χ4v) is 2.78. The van der Waals surface area contributed by atoms with Crippen molar-refractivity contribution >= 4 is 0 Å². The summed E-state index contributed by atoms with van der Waals surface area (Å²) < 4.78 is 5.44. The monoisotopic (exact) mass is 358 g/mol. The molecule has 0 aliphatic heterocycles. The zero-order valence-electron chi connectivity index (χ0n) is 15.5. The first kappa shape index (κ1) is 20.4. The lowest BCUT2D eigenvalue weighted by atomic mass is 10.0. The summed E-state index contributed by atoms with van der Waals surface area (Å²) in [5.41, 5.74) is 3.64. The lowest BCUT2D eigenvalue weighted by molar-refractivity contribution is -0.0339. The Labute approximate surface area is 156 Å². The Morgan fingerprint density at radius 2 is 1.42 bits per heavy atom. The van der Waals surface area contributed by atoms with Crippen molar-refractivity contribution in [3.8, 4) is 16.9 Å². The molecule has 2 atom stereocenters. The van der Waals surface area contributed by atoms with Gasteiger partial charge in [-0.2, -0.15) is 0 Å². The first-order valence-electron chi connectivity index (χ1n) is 9.43. The lowest BCUT2D eigenvalue weighted by Gasteiger charge is -2.16. The van der Waals surface area contributed by atoms with E-state index in [-0.39, 0.29) is 6.61 Å². The van der Waals surface area contributed by atoms with Crippen LogP contribution in [0.2, 0.25) is 0 Å². The molecule has 4 nitrogen and oxygen atoms in total. The molecule has 0 amide bonds. The molecule has 2 rings (SSSR count). The van der Waals surface area contributed by atoms with Gasteiger partial charge in [0.2, 0.25) is 0 Å². The van der Waals surface area contributed by atoms with Gasteiger partial charge < -0.3 is 20.1 Å². The Kier molecular flexibility index (Phi) is 8.62. The molecule has 0 radical (unpaired) electrons. The van der Waals surface area contributed by atoms with Gasteiger partial charge in [0.15, 0.2) is 0 Å². The van der Waals surface area contributed by atoms with Crippen LogP contribution >= 0.6 is 0 Å². The van der Waals surface area contributed by atoms with Gasteiger partial charge in [0.25, 0.3) is 0 Å². The molecule has 0 fully saturated rings. The van der Waals surface area contributed by atoms with Gasteiger partial charge >= 0.3 is 0 Å². The molecule has 2 aromatic carbocycles. The first-order chi connectivity index (χ1) is 12.6. The Morgan fingerprint density at radius 1 is 0.808 bits per heavy atom. The molecule has 0 saturated carbocycles. The van der Waals surface area contributed by atoms with Crippen LogP contribution < -0.4 is 4.74 Å². The topological polar surface area (TPSA) is 69.9 Å². The second-order valence-electron chi connectivity index (χ2n) is 6.66. The van der Waals surface area contributed by atoms with Crippen LogP contribution in [0.5, 0.6) is 5.75 Å². The summed E-state index contributed by atoms with van der Waals surface area (Å²) in [6.07, 6.45) is 3.95. The molecular weight excluding hydrogens is 328 g/mol. The van der Waals surface area contributed by atoms with Crippen LogP contribution in [0.15, 0.2) is 48.5 Å². The second-order valence-corrected chi connectivity index (χ2v) is 6.66. The molecular formula is C22H30O4. The number of hydrogen-bond acceptors (Lipinski definition) is 4. The van der Waals surface area contributed by atoms with Crippen LogP contribution in [0.25, 0.3) is 11.1 Å². The smallest absolute Gasteiger partial charge is 0.119 e. The molecule has 0 unspecified atom stereocenters. The number of ether oxygens (including phenoxy) is 1. The van der Waals surface area contributed by atoms with Gasteiger partial charge in [-0.15, -0.1) is 0 Å². The third-order valence-electron chi connectivity index (χ3n) is 4.51. The normalized spacial score (nSPS) is 13.4. The van der Waals surface area contributed by atoms with Crippen LogP contribution in [0.3, 0.4) is 0 Å². The van der Waals surface area contributed by atoms with Crippen molar-refractivity contribution in [1.82, 2.24) is 0 Å². The molecule has 2 aromatic rings. The highest BCUT2D eigenvalue weighted by molar-refractivity contribution is 5.64. The third kappa shape index (κ3) is 6.45. The quantitative estimate of drug-likeness (QED) is 0.537. The summed E-state index contributed by atoms with van der Waals surface area (Å²) in [7, 11) is 0. The summed E-state index contributed by atoms with van der Waals surface area (Å²) in [6, 6.07) is 16.3. The van der Waals surface area contributed by atoms with Crippen LogP contribution in [-0.2, 0) is 6.42 Å². The number of aliphatic hydroxyl groups is 3. The highest BCUT2D eigenvalue weighted by Gasteiger charge is 2.15. The minimum Gasteiger partial charge on any atom is -0.491 e. The fraction of sp³-hybridized carbons (Fsp3) is 0.455. The van der Waals surface area contributed by atoms with E-state index in [2.05, 4.69) is 31.2 Å². The van der Waals surface area contributed by atoms with Crippen molar-refractivity contribution in [3.05, 3.63) is 54.1 Å². The molecule has 0 bridgehead atoms. The van der Waals surface area contributed by atoms with Crippen molar-refractivity contribution in [2.45, 2.75) is 51.2 Å². The molecule has 0 aliphatic rings. The van der Waals surface area contributed by atoms with E-state index < -0.39 is 18.8 Å². The third-order valence-corrected chi connectivity index (χ3v) is 4.51. The van der Waals surface area contributed by atoms with Crippen LogP contribution in [0, 0.1) is 0 Å². The van der Waals surface area contributed by atoms with Crippen LogP contribution in [-0.4, -0.2) is 40.7 Å². The van der Waals surface area contributed by atoms with Crippen LogP contribution in [0.4, 0.5) is 0 Å². The minimum absolute atomic E-state index is 0.0617. The number of benzene rings is 2. The van der Waals surface area contributed by atoms with E-state index in [1.165, 1.54) is 31.2 Å². The molecule has 4 heteroatoms. The zero-order valence-corrected chi connectivity index (χ0v) is 15.5. The standard InChI is InChI=1S/C22H30O4/c1-2-3-4-5-6-17-7-9-18(10-8-17)19-11-13-20(14-12-19)26-16-22(25)21(24)15-23/h7-14,21-25H,2-6,15-16H2,1H3/t21-,22+/m0/s1. The van der Waals surface area contributed by atoms with E-state index in [1.54, 1.807) is 0 Å². The van der Waals surface area contributed by atoms with Gasteiger partial charge in [-0.25, -0.2) is 0 Å². The predicted octanol–water partition coefficient (Wildman–Crippen LogP) is 3.57. The summed E-state index contributed by atoms with van der Waals surface area (Å²) in [5, 5.41) is 27.7.